The van der Waals surface area contributed by atoms with E-state index in [9.17, 15) is 9.59 Å². The fraction of sp³-hybridized carbons (Fsp3) is 0.333. The lowest BCUT2D eigenvalue weighted by atomic mass is 10.2. The Labute approximate surface area is 86.3 Å². The number of carboxylic acids is 1. The fourth-order valence-corrected chi connectivity index (χ4v) is 1.03. The topological polar surface area (TPSA) is 92.2 Å². The van der Waals surface area contributed by atoms with E-state index < -0.39 is 18.4 Å². The number of amides is 1. The summed E-state index contributed by atoms with van der Waals surface area (Å²) >= 11 is 0. The molecule has 0 aliphatic heterocycles. The van der Waals surface area contributed by atoms with Gasteiger partial charge in [0.25, 0.3) is 5.91 Å². The molecule has 1 heterocycles. The number of aryl methyl sites for hydroxylation is 2. The summed E-state index contributed by atoms with van der Waals surface area (Å²) in [6, 6.07) is 1.57. The monoisotopic (exact) mass is 209 g/mol. The van der Waals surface area contributed by atoms with Crippen molar-refractivity contribution in [1.29, 1.82) is 0 Å². The Morgan fingerprint density at radius 2 is 2.07 bits per heavy atom. The Bertz CT molecular complexity index is 404. The van der Waals surface area contributed by atoms with Crippen molar-refractivity contribution in [3.05, 3.63) is 23.0 Å². The molecule has 2 N–H and O–H groups in total. The Morgan fingerprint density at radius 1 is 1.40 bits per heavy atom. The van der Waals surface area contributed by atoms with Crippen LogP contribution in [0.5, 0.6) is 0 Å². The van der Waals surface area contributed by atoms with Gasteiger partial charge in [-0.3, -0.25) is 9.59 Å². The smallest absolute Gasteiger partial charge is 0.322 e. The van der Waals surface area contributed by atoms with Gasteiger partial charge in [0.05, 0.1) is 17.0 Å². The third-order valence-electron chi connectivity index (χ3n) is 1.75. The second-order valence-corrected chi connectivity index (χ2v) is 3.06. The minimum Gasteiger partial charge on any atom is -0.480 e. The van der Waals surface area contributed by atoms with Crippen LogP contribution in [0.25, 0.3) is 0 Å². The zero-order valence-corrected chi connectivity index (χ0v) is 8.44. The number of carbonyl (C=O) groups excluding carboxylic acids is 1. The van der Waals surface area contributed by atoms with Crippen LogP contribution in [0.2, 0.25) is 0 Å². The minimum absolute atomic E-state index is 0.351. The van der Waals surface area contributed by atoms with Crippen molar-refractivity contribution in [2.45, 2.75) is 13.8 Å². The molecule has 0 aliphatic rings. The van der Waals surface area contributed by atoms with Crippen LogP contribution in [-0.2, 0) is 4.79 Å². The molecule has 1 rings (SSSR count). The van der Waals surface area contributed by atoms with Crippen molar-refractivity contribution in [3.8, 4) is 0 Å². The maximum absolute atomic E-state index is 11.5. The first kappa shape index (κ1) is 11.1. The van der Waals surface area contributed by atoms with Crippen LogP contribution in [0.1, 0.15) is 21.7 Å². The Morgan fingerprint density at radius 3 is 2.67 bits per heavy atom. The third-order valence-corrected chi connectivity index (χ3v) is 1.75. The van der Waals surface area contributed by atoms with Crippen LogP contribution in [-0.4, -0.2) is 33.7 Å². The van der Waals surface area contributed by atoms with E-state index in [1.807, 2.05) is 0 Å². The molecule has 15 heavy (non-hydrogen) atoms. The van der Waals surface area contributed by atoms with Crippen molar-refractivity contribution < 1.29 is 14.7 Å². The molecule has 1 aromatic rings. The van der Waals surface area contributed by atoms with Crippen LogP contribution in [0.3, 0.4) is 0 Å². The molecule has 0 aliphatic carbocycles. The van der Waals surface area contributed by atoms with Gasteiger partial charge in [-0.25, -0.2) is 0 Å². The van der Waals surface area contributed by atoms with Crippen molar-refractivity contribution in [2.75, 3.05) is 6.54 Å². The van der Waals surface area contributed by atoms with Crippen molar-refractivity contribution in [2.24, 2.45) is 0 Å². The van der Waals surface area contributed by atoms with E-state index in [0.717, 1.165) is 0 Å². The lowest BCUT2D eigenvalue weighted by Gasteiger charge is -2.04. The number of hydrogen-bond acceptors (Lipinski definition) is 4. The van der Waals surface area contributed by atoms with Gasteiger partial charge in [-0.2, -0.15) is 10.2 Å². The lowest BCUT2D eigenvalue weighted by Crippen LogP contribution is -2.30. The van der Waals surface area contributed by atoms with Crippen molar-refractivity contribution in [1.82, 2.24) is 15.5 Å². The van der Waals surface area contributed by atoms with E-state index in [0.29, 0.717) is 17.0 Å². The van der Waals surface area contributed by atoms with Gasteiger partial charge in [0.15, 0.2) is 0 Å². The molecule has 0 unspecified atom stereocenters. The van der Waals surface area contributed by atoms with Crippen molar-refractivity contribution in [3.63, 3.8) is 0 Å². The molecule has 0 atom stereocenters. The molecule has 0 radical (unpaired) electrons. The van der Waals surface area contributed by atoms with Crippen LogP contribution < -0.4 is 5.32 Å². The number of rotatable bonds is 3. The maximum atomic E-state index is 11.5. The van der Waals surface area contributed by atoms with Gasteiger partial charge < -0.3 is 10.4 Å². The molecular weight excluding hydrogens is 198 g/mol. The average Bonchev–Trinajstić information content (AvgIpc) is 2.18. The number of nitrogens with zero attached hydrogens (tertiary/aromatic N) is 2. The van der Waals surface area contributed by atoms with Gasteiger partial charge in [-0.15, -0.1) is 0 Å². The molecule has 1 amide bonds. The Kier molecular flexibility index (Phi) is 3.33. The van der Waals surface area contributed by atoms with Crippen LogP contribution in [0, 0.1) is 13.8 Å². The predicted molar refractivity (Wildman–Crippen MR) is 51.5 cm³/mol. The van der Waals surface area contributed by atoms with Gasteiger partial charge >= 0.3 is 5.97 Å². The SMILES string of the molecule is Cc1cc(C(=O)NCC(=O)O)c(C)nn1. The molecular formula is C9H11N3O3. The number of aliphatic carboxylic acids is 1. The first-order valence-corrected chi connectivity index (χ1v) is 4.31. The highest BCUT2D eigenvalue weighted by molar-refractivity contribution is 5.96. The summed E-state index contributed by atoms with van der Waals surface area (Å²) in [5, 5.41) is 18.2. The Hall–Kier alpha value is -1.98. The second-order valence-electron chi connectivity index (χ2n) is 3.06. The predicted octanol–water partition coefficient (Wildman–Crippen LogP) is -0.0922. The third kappa shape index (κ3) is 3.01. The lowest BCUT2D eigenvalue weighted by molar-refractivity contribution is -0.135. The van der Waals surface area contributed by atoms with E-state index >= 15 is 0 Å². The number of hydrogen-bond donors (Lipinski definition) is 2. The molecule has 0 saturated heterocycles. The van der Waals surface area contributed by atoms with Gasteiger partial charge in [0.2, 0.25) is 0 Å². The fourth-order valence-electron chi connectivity index (χ4n) is 1.03. The van der Waals surface area contributed by atoms with E-state index in [2.05, 4.69) is 15.5 Å². The Balaban J connectivity index is 2.81. The first-order chi connectivity index (χ1) is 7.00. The van der Waals surface area contributed by atoms with Crippen LogP contribution in [0.4, 0.5) is 0 Å². The normalized spacial score (nSPS) is 9.73. The zero-order chi connectivity index (χ0) is 11.4. The average molecular weight is 209 g/mol. The van der Waals surface area contributed by atoms with E-state index in [4.69, 9.17) is 5.11 Å². The molecule has 0 fully saturated rings. The maximum Gasteiger partial charge on any atom is 0.322 e. The number of aromatic nitrogens is 2. The summed E-state index contributed by atoms with van der Waals surface area (Å²) < 4.78 is 0. The minimum atomic E-state index is -1.08. The summed E-state index contributed by atoms with van der Waals surface area (Å²) in [5.74, 6) is -1.53. The number of carboxylic acid groups (broad SMARTS) is 1. The van der Waals surface area contributed by atoms with E-state index in [-0.39, 0.29) is 0 Å². The number of carbonyl (C=O) groups is 2. The molecule has 0 saturated carbocycles. The molecule has 0 aromatic carbocycles. The molecule has 80 valence electrons. The highest BCUT2D eigenvalue weighted by Crippen LogP contribution is 2.04. The highest BCUT2D eigenvalue weighted by atomic mass is 16.4. The summed E-state index contributed by atoms with van der Waals surface area (Å²) in [5.41, 5.74) is 1.44. The van der Waals surface area contributed by atoms with Gasteiger partial charge in [-0.1, -0.05) is 0 Å². The van der Waals surface area contributed by atoms with Gasteiger partial charge in [-0.05, 0) is 19.9 Å². The van der Waals surface area contributed by atoms with E-state index in [1.165, 1.54) is 0 Å². The summed E-state index contributed by atoms with van der Waals surface area (Å²) in [6.07, 6.45) is 0. The van der Waals surface area contributed by atoms with Gasteiger partial charge in [0, 0.05) is 0 Å². The molecule has 0 bridgehead atoms. The summed E-state index contributed by atoms with van der Waals surface area (Å²) in [7, 11) is 0. The highest BCUT2D eigenvalue weighted by Gasteiger charge is 2.11. The number of nitrogens with one attached hydrogen (secondary N) is 1. The van der Waals surface area contributed by atoms with Crippen LogP contribution >= 0.6 is 0 Å². The second kappa shape index (κ2) is 4.50. The summed E-state index contributed by atoms with van der Waals surface area (Å²) in [6.45, 7) is 2.95. The molecule has 6 nitrogen and oxygen atoms in total. The standard InChI is InChI=1S/C9H11N3O3/c1-5-3-7(6(2)12-11-5)9(15)10-4-8(13)14/h3H,4H2,1-2H3,(H,10,15)(H,13,14). The van der Waals surface area contributed by atoms with Crippen LogP contribution in [0.15, 0.2) is 6.07 Å². The molecule has 6 heteroatoms. The van der Waals surface area contributed by atoms with Gasteiger partial charge in [0.1, 0.15) is 6.54 Å². The first-order valence-electron chi connectivity index (χ1n) is 4.31. The van der Waals surface area contributed by atoms with E-state index in [1.54, 1.807) is 19.9 Å². The quantitative estimate of drug-likeness (QED) is 0.725. The molecule has 1 aromatic heterocycles. The summed E-state index contributed by atoms with van der Waals surface area (Å²) in [4.78, 5) is 21.7. The zero-order valence-electron chi connectivity index (χ0n) is 8.44. The largest absolute Gasteiger partial charge is 0.480 e. The van der Waals surface area contributed by atoms with Crippen molar-refractivity contribution >= 4 is 11.9 Å². The molecule has 0 spiro atoms.